The molecular weight excluding hydrogens is 216 g/mol. The van der Waals surface area contributed by atoms with Gasteiger partial charge >= 0.3 is 0 Å². The van der Waals surface area contributed by atoms with Gasteiger partial charge in [-0.15, -0.1) is 0 Å². The van der Waals surface area contributed by atoms with Crippen molar-refractivity contribution >= 4 is 11.6 Å². The van der Waals surface area contributed by atoms with Gasteiger partial charge < -0.3 is 15.7 Å². The first-order chi connectivity index (χ1) is 8.19. The Labute approximate surface area is 101 Å². The van der Waals surface area contributed by atoms with Crippen molar-refractivity contribution in [3.05, 3.63) is 29.8 Å². The van der Waals surface area contributed by atoms with Crippen molar-refractivity contribution in [3.63, 3.8) is 0 Å². The van der Waals surface area contributed by atoms with Gasteiger partial charge in [0, 0.05) is 37.7 Å². The number of rotatable bonds is 4. The first-order valence-electron chi connectivity index (χ1n) is 5.92. The second-order valence-electron chi connectivity index (χ2n) is 4.58. The molecule has 0 spiro atoms. The van der Waals surface area contributed by atoms with E-state index in [0.717, 1.165) is 18.7 Å². The van der Waals surface area contributed by atoms with Gasteiger partial charge in [-0.25, -0.2) is 0 Å². The Bertz CT molecular complexity index is 389. The fraction of sp³-hybridized carbons (Fsp3) is 0.462. The smallest absolute Gasteiger partial charge is 0.223 e. The van der Waals surface area contributed by atoms with Crippen LogP contribution in [0.3, 0.4) is 0 Å². The Morgan fingerprint density at radius 3 is 2.65 bits per heavy atom. The molecule has 1 aromatic rings. The molecule has 1 aliphatic heterocycles. The lowest BCUT2D eigenvalue weighted by Gasteiger charge is -2.16. The highest BCUT2D eigenvalue weighted by atomic mass is 16.3. The molecule has 1 fully saturated rings. The lowest BCUT2D eigenvalue weighted by molar-refractivity contribution is -0.127. The number of aliphatic hydroxyl groups is 1. The van der Waals surface area contributed by atoms with Crippen LogP contribution in [-0.2, 0) is 11.2 Å². The predicted octanol–water partition coefficient (Wildman–Crippen LogP) is 0.652. The fourth-order valence-electron chi connectivity index (χ4n) is 2.14. The van der Waals surface area contributed by atoms with Gasteiger partial charge in [0.1, 0.15) is 0 Å². The number of likely N-dealkylation sites (tertiary alicyclic amines) is 1. The Balaban J connectivity index is 1.86. The first-order valence-corrected chi connectivity index (χ1v) is 5.92. The van der Waals surface area contributed by atoms with Gasteiger partial charge in [0.2, 0.25) is 5.91 Å². The maximum atomic E-state index is 11.6. The summed E-state index contributed by atoms with van der Waals surface area (Å²) in [6.45, 7) is 1.51. The summed E-state index contributed by atoms with van der Waals surface area (Å²) >= 11 is 0. The molecule has 0 aliphatic carbocycles. The molecule has 0 aromatic heterocycles. The number of hydrogen-bond donors (Lipinski definition) is 2. The standard InChI is InChI=1S/C13H18N2O2/c14-12-3-1-10(2-4-12)5-6-15-8-11(9-16)7-13(15)17/h1-4,11,16H,5-9,14H2. The van der Waals surface area contributed by atoms with Gasteiger partial charge in [0.05, 0.1) is 0 Å². The zero-order chi connectivity index (χ0) is 12.3. The van der Waals surface area contributed by atoms with Crippen molar-refractivity contribution in [2.75, 3.05) is 25.4 Å². The quantitative estimate of drug-likeness (QED) is 0.752. The third kappa shape index (κ3) is 2.97. The second-order valence-corrected chi connectivity index (χ2v) is 4.58. The Morgan fingerprint density at radius 2 is 2.06 bits per heavy atom. The maximum Gasteiger partial charge on any atom is 0.223 e. The van der Waals surface area contributed by atoms with Gasteiger partial charge in [-0.1, -0.05) is 12.1 Å². The normalized spacial score (nSPS) is 19.9. The predicted molar refractivity (Wildman–Crippen MR) is 66.3 cm³/mol. The van der Waals surface area contributed by atoms with Crippen LogP contribution >= 0.6 is 0 Å². The first kappa shape index (κ1) is 11.9. The zero-order valence-corrected chi connectivity index (χ0v) is 9.80. The zero-order valence-electron chi connectivity index (χ0n) is 9.80. The molecule has 3 N–H and O–H groups in total. The van der Waals surface area contributed by atoms with E-state index < -0.39 is 0 Å². The number of nitrogen functional groups attached to an aromatic ring is 1. The van der Waals surface area contributed by atoms with Gasteiger partial charge in [-0.3, -0.25) is 4.79 Å². The molecule has 1 amide bonds. The van der Waals surface area contributed by atoms with Crippen molar-refractivity contribution in [2.45, 2.75) is 12.8 Å². The van der Waals surface area contributed by atoms with E-state index >= 15 is 0 Å². The molecule has 92 valence electrons. The van der Waals surface area contributed by atoms with E-state index in [4.69, 9.17) is 10.8 Å². The molecule has 1 saturated heterocycles. The van der Waals surface area contributed by atoms with Crippen molar-refractivity contribution < 1.29 is 9.90 Å². The minimum Gasteiger partial charge on any atom is -0.399 e. The largest absolute Gasteiger partial charge is 0.399 e. The summed E-state index contributed by atoms with van der Waals surface area (Å²) in [5.41, 5.74) is 7.55. The molecule has 1 aromatic carbocycles. The molecule has 4 nitrogen and oxygen atoms in total. The molecule has 17 heavy (non-hydrogen) atoms. The number of amides is 1. The molecule has 2 rings (SSSR count). The van der Waals surface area contributed by atoms with Crippen molar-refractivity contribution in [3.8, 4) is 0 Å². The second kappa shape index (κ2) is 5.19. The Hall–Kier alpha value is -1.55. The lowest BCUT2D eigenvalue weighted by Crippen LogP contribution is -2.27. The minimum absolute atomic E-state index is 0.101. The van der Waals surface area contributed by atoms with Crippen LogP contribution in [0, 0.1) is 5.92 Å². The monoisotopic (exact) mass is 234 g/mol. The molecule has 0 radical (unpaired) electrons. The molecular formula is C13H18N2O2. The molecule has 1 heterocycles. The summed E-state index contributed by atoms with van der Waals surface area (Å²) in [4.78, 5) is 13.4. The van der Waals surface area contributed by atoms with Crippen LogP contribution in [-0.4, -0.2) is 35.6 Å². The third-order valence-corrected chi connectivity index (χ3v) is 3.20. The van der Waals surface area contributed by atoms with Crippen LogP contribution < -0.4 is 5.73 Å². The van der Waals surface area contributed by atoms with Crippen LogP contribution in [0.4, 0.5) is 5.69 Å². The van der Waals surface area contributed by atoms with E-state index in [1.54, 1.807) is 0 Å². The van der Waals surface area contributed by atoms with Crippen molar-refractivity contribution in [1.29, 1.82) is 0 Å². The Kier molecular flexibility index (Phi) is 3.64. The molecule has 0 saturated carbocycles. The van der Waals surface area contributed by atoms with Crippen molar-refractivity contribution in [1.82, 2.24) is 4.90 Å². The van der Waals surface area contributed by atoms with E-state index in [2.05, 4.69) is 0 Å². The van der Waals surface area contributed by atoms with Crippen LogP contribution in [0.1, 0.15) is 12.0 Å². The van der Waals surface area contributed by atoms with Crippen LogP contribution in [0.2, 0.25) is 0 Å². The van der Waals surface area contributed by atoms with Gasteiger partial charge in [-0.05, 0) is 24.1 Å². The van der Waals surface area contributed by atoms with Gasteiger partial charge in [-0.2, -0.15) is 0 Å². The number of carbonyl (C=O) groups is 1. The highest BCUT2D eigenvalue weighted by molar-refractivity contribution is 5.78. The van der Waals surface area contributed by atoms with E-state index in [9.17, 15) is 4.79 Å². The summed E-state index contributed by atoms with van der Waals surface area (Å²) in [7, 11) is 0. The molecule has 1 unspecified atom stereocenters. The number of aliphatic hydroxyl groups excluding tert-OH is 1. The Morgan fingerprint density at radius 1 is 1.35 bits per heavy atom. The topological polar surface area (TPSA) is 66.6 Å². The number of hydrogen-bond acceptors (Lipinski definition) is 3. The summed E-state index contributed by atoms with van der Waals surface area (Å²) in [5, 5.41) is 9.02. The van der Waals surface area contributed by atoms with Gasteiger partial charge in [0.15, 0.2) is 0 Å². The average molecular weight is 234 g/mol. The number of anilines is 1. The molecule has 4 heteroatoms. The minimum atomic E-state index is 0.101. The van der Waals surface area contributed by atoms with E-state index in [0.29, 0.717) is 13.0 Å². The van der Waals surface area contributed by atoms with E-state index in [-0.39, 0.29) is 18.4 Å². The lowest BCUT2D eigenvalue weighted by atomic mass is 10.1. The van der Waals surface area contributed by atoms with Crippen LogP contribution in [0.15, 0.2) is 24.3 Å². The number of nitrogens with two attached hydrogens (primary N) is 1. The summed E-state index contributed by atoms with van der Waals surface area (Å²) in [5.74, 6) is 0.272. The highest BCUT2D eigenvalue weighted by Crippen LogP contribution is 2.17. The molecule has 1 aliphatic rings. The number of nitrogens with zero attached hydrogens (tertiary/aromatic N) is 1. The summed E-state index contributed by atoms with van der Waals surface area (Å²) in [6.07, 6.45) is 1.32. The third-order valence-electron chi connectivity index (χ3n) is 3.20. The van der Waals surface area contributed by atoms with Crippen LogP contribution in [0.5, 0.6) is 0 Å². The summed E-state index contributed by atoms with van der Waals surface area (Å²) < 4.78 is 0. The maximum absolute atomic E-state index is 11.6. The average Bonchev–Trinajstić information content (AvgIpc) is 2.69. The molecule has 1 atom stereocenters. The van der Waals surface area contributed by atoms with Crippen LogP contribution in [0.25, 0.3) is 0 Å². The highest BCUT2D eigenvalue weighted by Gasteiger charge is 2.28. The van der Waals surface area contributed by atoms with E-state index in [1.165, 1.54) is 5.56 Å². The fourth-order valence-corrected chi connectivity index (χ4v) is 2.14. The summed E-state index contributed by atoms with van der Waals surface area (Å²) in [6, 6.07) is 7.72. The molecule has 0 bridgehead atoms. The van der Waals surface area contributed by atoms with E-state index in [1.807, 2.05) is 29.2 Å². The number of carbonyl (C=O) groups excluding carboxylic acids is 1. The van der Waals surface area contributed by atoms with Crippen molar-refractivity contribution in [2.24, 2.45) is 5.92 Å². The van der Waals surface area contributed by atoms with Gasteiger partial charge in [0.25, 0.3) is 0 Å². The SMILES string of the molecule is Nc1ccc(CCN2CC(CO)CC2=O)cc1. The number of benzene rings is 1.